The molecule has 1 fully saturated rings. The first-order valence-electron chi connectivity index (χ1n) is 11.6. The average Bonchev–Trinajstić information content (AvgIpc) is 3.33. The van der Waals surface area contributed by atoms with Crippen molar-refractivity contribution in [1.82, 2.24) is 10.2 Å². The molecule has 2 aromatic carbocycles. The van der Waals surface area contributed by atoms with Gasteiger partial charge in [-0.25, -0.2) is 12.8 Å². The molecule has 1 aliphatic rings. The standard InChI is InChI=1S/C25H31ClFN3O5S/c1-17(25(32)28-20-6-4-5-7-20)29(15-18-8-10-19(27)11-9-18)24(31)16-30(36(3,33)34)21-12-13-23(35-2)22(26)14-21/h8-14,17,20H,4-7,15-16H2,1-3H3,(H,28,32)/t17-/m1/s1. The van der Waals surface area contributed by atoms with Crippen LogP contribution in [-0.4, -0.2) is 57.1 Å². The van der Waals surface area contributed by atoms with Crippen molar-refractivity contribution >= 4 is 39.1 Å². The highest BCUT2D eigenvalue weighted by molar-refractivity contribution is 7.92. The second-order valence-electron chi connectivity index (χ2n) is 8.90. The maximum absolute atomic E-state index is 13.5. The van der Waals surface area contributed by atoms with E-state index in [1.807, 2.05) is 0 Å². The van der Waals surface area contributed by atoms with Crippen LogP contribution < -0.4 is 14.4 Å². The smallest absolute Gasteiger partial charge is 0.244 e. The van der Waals surface area contributed by atoms with E-state index in [9.17, 15) is 22.4 Å². The van der Waals surface area contributed by atoms with Gasteiger partial charge in [0.15, 0.2) is 0 Å². The Balaban J connectivity index is 1.89. The summed E-state index contributed by atoms with van der Waals surface area (Å²) in [5.41, 5.74) is 0.783. The molecule has 1 atom stereocenters. The number of hydrogen-bond donors (Lipinski definition) is 1. The number of anilines is 1. The van der Waals surface area contributed by atoms with E-state index in [1.54, 1.807) is 6.92 Å². The summed E-state index contributed by atoms with van der Waals surface area (Å²) in [6, 6.07) is 9.14. The third kappa shape index (κ3) is 7.10. The van der Waals surface area contributed by atoms with E-state index in [-0.39, 0.29) is 29.2 Å². The van der Waals surface area contributed by atoms with E-state index in [1.165, 1.54) is 54.5 Å². The normalized spacial score (nSPS) is 14.8. The summed E-state index contributed by atoms with van der Waals surface area (Å²) in [5.74, 6) is -0.986. The third-order valence-corrected chi connectivity index (χ3v) is 7.67. The lowest BCUT2D eigenvalue weighted by atomic mass is 10.1. The monoisotopic (exact) mass is 539 g/mol. The van der Waals surface area contributed by atoms with Gasteiger partial charge in [-0.05, 0) is 55.7 Å². The van der Waals surface area contributed by atoms with Gasteiger partial charge < -0.3 is 15.0 Å². The number of methoxy groups -OCH3 is 1. The predicted molar refractivity (Wildman–Crippen MR) is 137 cm³/mol. The summed E-state index contributed by atoms with van der Waals surface area (Å²) in [5, 5.41) is 3.17. The molecule has 1 aliphatic carbocycles. The molecule has 36 heavy (non-hydrogen) atoms. The quantitative estimate of drug-likeness (QED) is 0.496. The molecule has 2 aromatic rings. The average molecular weight is 540 g/mol. The van der Waals surface area contributed by atoms with E-state index in [4.69, 9.17) is 16.3 Å². The van der Waals surface area contributed by atoms with Crippen molar-refractivity contribution in [3.05, 3.63) is 58.9 Å². The molecule has 11 heteroatoms. The van der Waals surface area contributed by atoms with Gasteiger partial charge in [-0.1, -0.05) is 36.6 Å². The summed E-state index contributed by atoms with van der Waals surface area (Å²) < 4.78 is 44.8. The van der Waals surface area contributed by atoms with Crippen LogP contribution in [0.2, 0.25) is 5.02 Å². The Labute approximate surface area is 216 Å². The van der Waals surface area contributed by atoms with E-state index in [0.29, 0.717) is 11.3 Å². The zero-order valence-electron chi connectivity index (χ0n) is 20.5. The van der Waals surface area contributed by atoms with E-state index < -0.39 is 34.3 Å². The van der Waals surface area contributed by atoms with Crippen LogP contribution in [-0.2, 0) is 26.2 Å². The summed E-state index contributed by atoms with van der Waals surface area (Å²) in [4.78, 5) is 27.9. The number of rotatable bonds is 10. The molecular weight excluding hydrogens is 509 g/mol. The maximum atomic E-state index is 13.5. The van der Waals surface area contributed by atoms with E-state index in [0.717, 1.165) is 36.2 Å². The van der Waals surface area contributed by atoms with Crippen LogP contribution in [0, 0.1) is 5.82 Å². The number of amides is 2. The number of nitrogens with zero attached hydrogens (tertiary/aromatic N) is 2. The summed E-state index contributed by atoms with van der Waals surface area (Å²) in [7, 11) is -2.46. The van der Waals surface area contributed by atoms with Gasteiger partial charge in [-0.2, -0.15) is 0 Å². The summed E-state index contributed by atoms with van der Waals surface area (Å²) >= 11 is 6.19. The first kappa shape index (κ1) is 27.7. The van der Waals surface area contributed by atoms with Crippen molar-refractivity contribution in [2.24, 2.45) is 0 Å². The Kier molecular flexibility index (Phi) is 9.19. The first-order chi connectivity index (χ1) is 17.0. The van der Waals surface area contributed by atoms with Gasteiger partial charge in [0.25, 0.3) is 0 Å². The number of carbonyl (C=O) groups is 2. The topological polar surface area (TPSA) is 96.0 Å². The lowest BCUT2D eigenvalue weighted by Crippen LogP contribution is -2.52. The highest BCUT2D eigenvalue weighted by Gasteiger charge is 2.31. The van der Waals surface area contributed by atoms with Gasteiger partial charge in [0.2, 0.25) is 21.8 Å². The summed E-state index contributed by atoms with van der Waals surface area (Å²) in [6.07, 6.45) is 4.81. The number of benzene rings is 2. The minimum Gasteiger partial charge on any atom is -0.495 e. The molecule has 0 unspecified atom stereocenters. The minimum atomic E-state index is -3.89. The van der Waals surface area contributed by atoms with Crippen LogP contribution in [0.3, 0.4) is 0 Å². The molecule has 2 amide bonds. The third-order valence-electron chi connectivity index (χ3n) is 6.24. The Morgan fingerprint density at radius 2 is 1.81 bits per heavy atom. The van der Waals surface area contributed by atoms with E-state index in [2.05, 4.69) is 5.32 Å². The second-order valence-corrected chi connectivity index (χ2v) is 11.2. The number of halogens is 2. The van der Waals surface area contributed by atoms with Crippen molar-refractivity contribution in [1.29, 1.82) is 0 Å². The van der Waals surface area contributed by atoms with Crippen molar-refractivity contribution in [3.63, 3.8) is 0 Å². The lowest BCUT2D eigenvalue weighted by Gasteiger charge is -2.32. The molecule has 0 bridgehead atoms. The number of nitrogens with one attached hydrogen (secondary N) is 1. The fraction of sp³-hybridized carbons (Fsp3) is 0.440. The number of hydrogen-bond acceptors (Lipinski definition) is 5. The maximum Gasteiger partial charge on any atom is 0.244 e. The Morgan fingerprint density at radius 3 is 2.36 bits per heavy atom. The SMILES string of the molecule is COc1ccc(N(CC(=O)N(Cc2ccc(F)cc2)[C@H](C)C(=O)NC2CCCC2)S(C)(=O)=O)cc1Cl. The fourth-order valence-electron chi connectivity index (χ4n) is 4.19. The zero-order chi connectivity index (χ0) is 26.5. The predicted octanol–water partition coefficient (Wildman–Crippen LogP) is 3.73. The number of sulfonamides is 1. The lowest BCUT2D eigenvalue weighted by molar-refractivity contribution is -0.139. The molecule has 0 heterocycles. The first-order valence-corrected chi connectivity index (χ1v) is 13.9. The second kappa shape index (κ2) is 11.9. The van der Waals surface area contributed by atoms with Gasteiger partial charge in [0, 0.05) is 12.6 Å². The molecule has 196 valence electrons. The molecule has 0 aliphatic heterocycles. The van der Waals surface area contributed by atoms with Crippen LogP contribution >= 0.6 is 11.6 Å². The molecule has 0 radical (unpaired) electrons. The van der Waals surface area contributed by atoms with Gasteiger partial charge in [0.05, 0.1) is 24.1 Å². The Morgan fingerprint density at radius 1 is 1.17 bits per heavy atom. The molecule has 1 saturated carbocycles. The fourth-order valence-corrected chi connectivity index (χ4v) is 5.28. The molecule has 0 saturated heterocycles. The molecular formula is C25H31ClFN3O5S. The van der Waals surface area contributed by atoms with Gasteiger partial charge >= 0.3 is 0 Å². The minimum absolute atomic E-state index is 0.000657. The Hall–Kier alpha value is -2.85. The largest absolute Gasteiger partial charge is 0.495 e. The molecule has 1 N–H and O–H groups in total. The van der Waals surface area contributed by atoms with Crippen molar-refractivity contribution in [2.75, 3.05) is 24.2 Å². The van der Waals surface area contributed by atoms with Gasteiger partial charge in [-0.15, -0.1) is 0 Å². The van der Waals surface area contributed by atoms with Crippen LogP contribution in [0.1, 0.15) is 38.2 Å². The summed E-state index contributed by atoms with van der Waals surface area (Å²) in [6.45, 7) is 1.05. The van der Waals surface area contributed by atoms with Crippen molar-refractivity contribution in [3.8, 4) is 5.75 Å². The molecule has 3 rings (SSSR count). The molecule has 0 aromatic heterocycles. The number of ether oxygens (including phenoxy) is 1. The van der Waals surface area contributed by atoms with Crippen LogP contribution in [0.4, 0.5) is 10.1 Å². The van der Waals surface area contributed by atoms with Crippen LogP contribution in [0.15, 0.2) is 42.5 Å². The zero-order valence-corrected chi connectivity index (χ0v) is 22.1. The Bertz CT molecular complexity index is 1190. The van der Waals surface area contributed by atoms with E-state index >= 15 is 0 Å². The number of carbonyl (C=O) groups excluding carboxylic acids is 2. The molecule has 8 nitrogen and oxygen atoms in total. The van der Waals surface area contributed by atoms with Gasteiger partial charge in [-0.3, -0.25) is 13.9 Å². The van der Waals surface area contributed by atoms with Crippen LogP contribution in [0.25, 0.3) is 0 Å². The highest BCUT2D eigenvalue weighted by atomic mass is 35.5. The van der Waals surface area contributed by atoms with Crippen LogP contribution in [0.5, 0.6) is 5.75 Å². The van der Waals surface area contributed by atoms with Gasteiger partial charge in [0.1, 0.15) is 24.2 Å². The highest BCUT2D eigenvalue weighted by Crippen LogP contribution is 2.30. The molecule has 0 spiro atoms. The van der Waals surface area contributed by atoms with Crippen molar-refractivity contribution in [2.45, 2.75) is 51.2 Å². The van der Waals surface area contributed by atoms with Crippen molar-refractivity contribution < 1.29 is 27.1 Å².